The minimum atomic E-state index is -0.942. The highest BCUT2D eigenvalue weighted by Gasteiger charge is 2.06. The number of aliphatic hydroxyl groups is 1. The number of carboxylic acid groups (broad SMARTS) is 1. The molecular weight excluding hydrogens is 310 g/mol. The third kappa shape index (κ3) is 4.02. The Balaban J connectivity index is 0.000000198. The van der Waals surface area contributed by atoms with Crippen molar-refractivity contribution in [2.24, 2.45) is 0 Å². The van der Waals surface area contributed by atoms with Gasteiger partial charge in [0.1, 0.15) is 5.82 Å². The number of aliphatic hydroxyl groups excluding tert-OH is 1. The summed E-state index contributed by atoms with van der Waals surface area (Å²) in [5, 5.41) is 17.8. The zero-order valence-electron chi connectivity index (χ0n) is 13.1. The Labute approximate surface area is 137 Å². The highest BCUT2D eigenvalue weighted by Crippen LogP contribution is 2.06. The molecule has 2 aromatic heterocycles. The number of aromatic nitrogens is 3. The van der Waals surface area contributed by atoms with Crippen LogP contribution < -0.4 is 5.56 Å². The van der Waals surface area contributed by atoms with Gasteiger partial charge >= 0.3 is 5.97 Å². The highest BCUT2D eigenvalue weighted by atomic mass is 16.4. The molecule has 0 saturated carbocycles. The van der Waals surface area contributed by atoms with E-state index in [1.165, 1.54) is 23.0 Å². The predicted molar refractivity (Wildman–Crippen MR) is 89.0 cm³/mol. The van der Waals surface area contributed by atoms with Gasteiger partial charge in [0.2, 0.25) is 0 Å². The smallest absolute Gasteiger partial charge is 0.337 e. The summed E-state index contributed by atoms with van der Waals surface area (Å²) in [5.41, 5.74) is 0.832. The van der Waals surface area contributed by atoms with Crippen LogP contribution in [-0.2, 0) is 6.54 Å². The number of carbonyl (C=O) groups is 1. The van der Waals surface area contributed by atoms with Gasteiger partial charge in [0.05, 0.1) is 29.6 Å². The zero-order chi connectivity index (χ0) is 17.5. The molecule has 0 amide bonds. The Morgan fingerprint density at radius 3 is 2.54 bits per heavy atom. The van der Waals surface area contributed by atoms with Crippen LogP contribution in [0, 0.1) is 6.92 Å². The number of aromatic carboxylic acids is 1. The average Bonchev–Trinajstić information content (AvgIpc) is 2.60. The molecule has 124 valence electrons. The quantitative estimate of drug-likeness (QED) is 0.755. The van der Waals surface area contributed by atoms with Crippen molar-refractivity contribution in [2.75, 3.05) is 6.61 Å². The van der Waals surface area contributed by atoms with E-state index in [2.05, 4.69) is 9.97 Å². The molecule has 2 heterocycles. The largest absolute Gasteiger partial charge is 0.478 e. The van der Waals surface area contributed by atoms with Crippen LogP contribution in [0.1, 0.15) is 16.2 Å². The van der Waals surface area contributed by atoms with Gasteiger partial charge in [-0.05, 0) is 31.2 Å². The highest BCUT2D eigenvalue weighted by molar-refractivity contribution is 5.86. The van der Waals surface area contributed by atoms with Crippen LogP contribution in [0.5, 0.6) is 0 Å². The Kier molecular flexibility index (Phi) is 5.75. The molecule has 0 bridgehead atoms. The van der Waals surface area contributed by atoms with E-state index in [0.717, 1.165) is 0 Å². The molecule has 0 unspecified atom stereocenters. The van der Waals surface area contributed by atoms with Crippen LogP contribution >= 0.6 is 0 Å². The van der Waals surface area contributed by atoms with E-state index in [-0.39, 0.29) is 17.7 Å². The number of carboxylic acids is 1. The summed E-state index contributed by atoms with van der Waals surface area (Å²) in [7, 11) is 0. The van der Waals surface area contributed by atoms with Gasteiger partial charge in [-0.3, -0.25) is 14.3 Å². The molecule has 0 aliphatic heterocycles. The first-order valence-electron chi connectivity index (χ1n) is 7.25. The van der Waals surface area contributed by atoms with Crippen molar-refractivity contribution >= 4 is 16.9 Å². The molecule has 0 fully saturated rings. The van der Waals surface area contributed by atoms with Gasteiger partial charge in [0, 0.05) is 12.4 Å². The summed E-state index contributed by atoms with van der Waals surface area (Å²) in [5.74, 6) is -0.309. The molecule has 0 spiro atoms. The van der Waals surface area contributed by atoms with E-state index >= 15 is 0 Å². The lowest BCUT2D eigenvalue weighted by atomic mass is 10.2. The molecule has 0 radical (unpaired) electrons. The fourth-order valence-electron chi connectivity index (χ4n) is 2.13. The number of rotatable bonds is 3. The monoisotopic (exact) mass is 327 g/mol. The molecule has 7 nitrogen and oxygen atoms in total. The topological polar surface area (TPSA) is 105 Å². The lowest BCUT2D eigenvalue weighted by Gasteiger charge is -2.08. The lowest BCUT2D eigenvalue weighted by molar-refractivity contribution is 0.0696. The Morgan fingerprint density at radius 2 is 1.96 bits per heavy atom. The SMILES string of the molecule is Cc1nc2ccccc2c(=O)n1CCO.O=C(O)c1cccnc1. The normalized spacial score (nSPS) is 10.1. The van der Waals surface area contributed by atoms with Crippen LogP contribution in [0.15, 0.2) is 53.6 Å². The van der Waals surface area contributed by atoms with Gasteiger partial charge in [-0.15, -0.1) is 0 Å². The van der Waals surface area contributed by atoms with Gasteiger partial charge in [0.15, 0.2) is 0 Å². The van der Waals surface area contributed by atoms with Crippen molar-refractivity contribution in [3.63, 3.8) is 0 Å². The number of pyridine rings is 1. The molecule has 0 saturated heterocycles. The number of hydrogen-bond donors (Lipinski definition) is 2. The van der Waals surface area contributed by atoms with Crippen molar-refractivity contribution in [1.29, 1.82) is 0 Å². The van der Waals surface area contributed by atoms with Gasteiger partial charge in [0.25, 0.3) is 5.56 Å². The molecule has 3 rings (SSSR count). The third-order valence-corrected chi connectivity index (χ3v) is 3.28. The number of nitrogens with zero attached hydrogens (tertiary/aromatic N) is 3. The Bertz CT molecular complexity index is 891. The van der Waals surface area contributed by atoms with E-state index < -0.39 is 5.97 Å². The van der Waals surface area contributed by atoms with Crippen LogP contribution in [-0.4, -0.2) is 37.3 Å². The predicted octanol–water partition coefficient (Wildman–Crippen LogP) is 1.48. The van der Waals surface area contributed by atoms with E-state index in [1.807, 2.05) is 18.2 Å². The summed E-state index contributed by atoms with van der Waals surface area (Å²) in [6.45, 7) is 2.01. The van der Waals surface area contributed by atoms with Crippen LogP contribution in [0.2, 0.25) is 0 Å². The fraction of sp³-hybridized carbons (Fsp3) is 0.176. The van der Waals surface area contributed by atoms with E-state index in [9.17, 15) is 9.59 Å². The van der Waals surface area contributed by atoms with E-state index in [1.54, 1.807) is 19.1 Å². The molecule has 24 heavy (non-hydrogen) atoms. The number of benzene rings is 1. The van der Waals surface area contributed by atoms with Gasteiger partial charge in [-0.2, -0.15) is 0 Å². The first-order valence-corrected chi connectivity index (χ1v) is 7.25. The molecule has 1 aromatic carbocycles. The zero-order valence-corrected chi connectivity index (χ0v) is 13.1. The van der Waals surface area contributed by atoms with Crippen LogP contribution in [0.4, 0.5) is 0 Å². The van der Waals surface area contributed by atoms with Crippen molar-refractivity contribution in [3.05, 3.63) is 70.5 Å². The number of hydrogen-bond acceptors (Lipinski definition) is 5. The first kappa shape index (κ1) is 17.3. The molecule has 0 aliphatic carbocycles. The first-order chi connectivity index (χ1) is 11.5. The van der Waals surface area contributed by atoms with Crippen molar-refractivity contribution in [2.45, 2.75) is 13.5 Å². The summed E-state index contributed by atoms with van der Waals surface area (Å²) in [6.07, 6.45) is 2.84. The summed E-state index contributed by atoms with van der Waals surface area (Å²) in [4.78, 5) is 30.0. The molecular formula is C17H17N3O4. The molecule has 0 aliphatic rings. The minimum Gasteiger partial charge on any atom is -0.478 e. The van der Waals surface area contributed by atoms with E-state index in [4.69, 9.17) is 10.2 Å². The Hall–Kier alpha value is -3.06. The number of aryl methyl sites for hydroxylation is 1. The Morgan fingerprint density at radius 1 is 1.21 bits per heavy atom. The van der Waals surface area contributed by atoms with Gasteiger partial charge < -0.3 is 10.2 Å². The average molecular weight is 327 g/mol. The molecule has 0 atom stereocenters. The summed E-state index contributed by atoms with van der Waals surface area (Å²) < 4.78 is 1.49. The van der Waals surface area contributed by atoms with Gasteiger partial charge in [-0.25, -0.2) is 9.78 Å². The van der Waals surface area contributed by atoms with E-state index in [0.29, 0.717) is 23.3 Å². The molecule has 7 heteroatoms. The van der Waals surface area contributed by atoms with Crippen molar-refractivity contribution < 1.29 is 15.0 Å². The maximum Gasteiger partial charge on any atom is 0.337 e. The standard InChI is InChI=1S/C11H12N2O2.C6H5NO2/c1-8-12-10-5-3-2-4-9(10)11(15)13(8)6-7-14;8-6(9)5-2-1-3-7-4-5/h2-5,14H,6-7H2,1H3;1-4H,(H,8,9). The van der Waals surface area contributed by atoms with Crippen LogP contribution in [0.3, 0.4) is 0 Å². The number of para-hydroxylation sites is 1. The molecule has 2 N–H and O–H groups in total. The molecule has 3 aromatic rings. The van der Waals surface area contributed by atoms with Crippen molar-refractivity contribution in [3.8, 4) is 0 Å². The lowest BCUT2D eigenvalue weighted by Crippen LogP contribution is -2.25. The fourth-order valence-corrected chi connectivity index (χ4v) is 2.13. The maximum atomic E-state index is 12.0. The third-order valence-electron chi connectivity index (χ3n) is 3.28. The minimum absolute atomic E-state index is 0.0548. The van der Waals surface area contributed by atoms with Gasteiger partial charge in [-0.1, -0.05) is 12.1 Å². The summed E-state index contributed by atoms with van der Waals surface area (Å²) in [6, 6.07) is 10.3. The summed E-state index contributed by atoms with van der Waals surface area (Å²) >= 11 is 0. The second-order valence-corrected chi connectivity index (χ2v) is 4.90. The number of fused-ring (bicyclic) bond motifs is 1. The van der Waals surface area contributed by atoms with Crippen LogP contribution in [0.25, 0.3) is 10.9 Å². The second kappa shape index (κ2) is 7.98. The maximum absolute atomic E-state index is 12.0. The second-order valence-electron chi connectivity index (χ2n) is 4.90. The van der Waals surface area contributed by atoms with Crippen molar-refractivity contribution in [1.82, 2.24) is 14.5 Å².